The number of rotatable bonds is 7. The van der Waals surface area contributed by atoms with E-state index < -0.39 is 0 Å². The molecule has 3 rings (SSSR count). The predicted molar refractivity (Wildman–Crippen MR) is 99.8 cm³/mol. The third kappa shape index (κ3) is 4.25. The fraction of sp³-hybridized carbons (Fsp3) is 0.444. The number of thiophene rings is 1. The van der Waals surface area contributed by atoms with Gasteiger partial charge in [0.05, 0.1) is 11.8 Å². The van der Waals surface area contributed by atoms with Gasteiger partial charge < -0.3 is 15.4 Å². The highest BCUT2D eigenvalue weighted by molar-refractivity contribution is 7.17. The Labute approximate surface area is 156 Å². The first-order valence-corrected chi connectivity index (χ1v) is 9.51. The molecule has 8 heteroatoms. The first kappa shape index (κ1) is 18.5. The summed E-state index contributed by atoms with van der Waals surface area (Å²) in [6.45, 7) is 1.13. The lowest BCUT2D eigenvalue weighted by Crippen LogP contribution is -2.27. The molecule has 2 heterocycles. The Bertz CT molecular complexity index is 776. The van der Waals surface area contributed by atoms with Gasteiger partial charge in [0.1, 0.15) is 10.7 Å². The van der Waals surface area contributed by atoms with Crippen LogP contribution in [-0.2, 0) is 17.6 Å². The highest BCUT2D eigenvalue weighted by Gasteiger charge is 2.26. The van der Waals surface area contributed by atoms with Crippen molar-refractivity contribution in [3.8, 4) is 0 Å². The predicted octanol–water partition coefficient (Wildman–Crippen LogP) is 2.44. The van der Waals surface area contributed by atoms with Gasteiger partial charge >= 0.3 is 0 Å². The number of hydrogen-bond acceptors (Lipinski definition) is 6. The SMILES string of the molecule is COCCCNC(=O)c1c(NC(=O)c2cnccn2)sc2c1CCCC2. The molecule has 0 aromatic carbocycles. The Balaban J connectivity index is 1.81. The molecule has 2 amide bonds. The number of methoxy groups -OCH3 is 1. The minimum Gasteiger partial charge on any atom is -0.385 e. The van der Waals surface area contributed by atoms with Gasteiger partial charge in [-0.15, -0.1) is 11.3 Å². The van der Waals surface area contributed by atoms with Gasteiger partial charge in [-0.05, 0) is 37.7 Å². The maximum atomic E-state index is 12.8. The van der Waals surface area contributed by atoms with Crippen LogP contribution in [0.25, 0.3) is 0 Å². The molecular weight excluding hydrogens is 352 g/mol. The van der Waals surface area contributed by atoms with Gasteiger partial charge in [0.25, 0.3) is 11.8 Å². The number of ether oxygens (including phenoxy) is 1. The smallest absolute Gasteiger partial charge is 0.276 e. The van der Waals surface area contributed by atoms with Crippen LogP contribution in [-0.4, -0.2) is 42.0 Å². The van der Waals surface area contributed by atoms with E-state index in [0.29, 0.717) is 23.7 Å². The number of anilines is 1. The van der Waals surface area contributed by atoms with Crippen molar-refractivity contribution in [2.75, 3.05) is 25.6 Å². The molecule has 1 aliphatic rings. The molecule has 0 unspecified atom stereocenters. The maximum absolute atomic E-state index is 12.8. The van der Waals surface area contributed by atoms with Gasteiger partial charge in [-0.25, -0.2) is 4.98 Å². The highest BCUT2D eigenvalue weighted by atomic mass is 32.1. The molecule has 0 saturated carbocycles. The van der Waals surface area contributed by atoms with Crippen LogP contribution in [0.15, 0.2) is 18.6 Å². The number of amides is 2. The van der Waals surface area contributed by atoms with E-state index in [1.165, 1.54) is 34.8 Å². The van der Waals surface area contributed by atoms with E-state index in [4.69, 9.17) is 4.74 Å². The van der Waals surface area contributed by atoms with Crippen LogP contribution < -0.4 is 10.6 Å². The van der Waals surface area contributed by atoms with Crippen LogP contribution in [0.5, 0.6) is 0 Å². The van der Waals surface area contributed by atoms with Crippen molar-refractivity contribution in [2.45, 2.75) is 32.1 Å². The summed E-state index contributed by atoms with van der Waals surface area (Å²) < 4.78 is 5.01. The molecule has 26 heavy (non-hydrogen) atoms. The largest absolute Gasteiger partial charge is 0.385 e. The average Bonchev–Trinajstić information content (AvgIpc) is 3.03. The van der Waals surface area contributed by atoms with E-state index in [-0.39, 0.29) is 17.5 Å². The van der Waals surface area contributed by atoms with E-state index >= 15 is 0 Å². The summed E-state index contributed by atoms with van der Waals surface area (Å²) in [5.74, 6) is -0.500. The minimum absolute atomic E-state index is 0.144. The Hall–Kier alpha value is -2.32. The van der Waals surface area contributed by atoms with Crippen molar-refractivity contribution in [2.24, 2.45) is 0 Å². The monoisotopic (exact) mass is 374 g/mol. The summed E-state index contributed by atoms with van der Waals surface area (Å²) in [4.78, 5) is 34.3. The zero-order valence-corrected chi connectivity index (χ0v) is 15.5. The molecule has 0 saturated heterocycles. The second-order valence-corrected chi connectivity index (χ2v) is 7.17. The lowest BCUT2D eigenvalue weighted by atomic mass is 9.95. The van der Waals surface area contributed by atoms with E-state index in [2.05, 4.69) is 20.6 Å². The second kappa shape index (κ2) is 8.86. The lowest BCUT2D eigenvalue weighted by Gasteiger charge is -2.13. The number of fused-ring (bicyclic) bond motifs is 1. The Morgan fingerprint density at radius 2 is 2.08 bits per heavy atom. The zero-order chi connectivity index (χ0) is 18.4. The number of nitrogens with one attached hydrogen (secondary N) is 2. The minimum atomic E-state index is -0.356. The number of carbonyl (C=O) groups is 2. The van der Waals surface area contributed by atoms with Gasteiger partial charge in [-0.3, -0.25) is 14.6 Å². The fourth-order valence-corrected chi connectivity index (χ4v) is 4.27. The van der Waals surface area contributed by atoms with Crippen molar-refractivity contribution < 1.29 is 14.3 Å². The van der Waals surface area contributed by atoms with Gasteiger partial charge in [0, 0.05) is 37.5 Å². The van der Waals surface area contributed by atoms with Crippen LogP contribution in [0.3, 0.4) is 0 Å². The summed E-state index contributed by atoms with van der Waals surface area (Å²) in [5.41, 5.74) is 1.89. The molecule has 0 bridgehead atoms. The molecule has 2 aromatic rings. The summed E-state index contributed by atoms with van der Waals surface area (Å²) in [6.07, 6.45) is 9.13. The normalized spacial score (nSPS) is 13.1. The third-order valence-corrected chi connectivity index (χ3v) is 5.44. The molecule has 0 aliphatic heterocycles. The molecule has 7 nitrogen and oxygen atoms in total. The molecule has 138 valence electrons. The topological polar surface area (TPSA) is 93.2 Å². The standard InChI is InChI=1S/C18H22N4O3S/c1-25-10-4-7-21-17(24)15-12-5-2-3-6-14(12)26-18(15)22-16(23)13-11-19-8-9-20-13/h8-9,11H,2-7,10H2,1H3,(H,21,24)(H,22,23). The Morgan fingerprint density at radius 1 is 1.23 bits per heavy atom. The van der Waals surface area contributed by atoms with Crippen molar-refractivity contribution in [1.82, 2.24) is 15.3 Å². The summed E-state index contributed by atoms with van der Waals surface area (Å²) in [7, 11) is 1.64. The molecule has 0 spiro atoms. The van der Waals surface area contributed by atoms with Crippen molar-refractivity contribution in [1.29, 1.82) is 0 Å². The Morgan fingerprint density at radius 3 is 2.85 bits per heavy atom. The third-order valence-electron chi connectivity index (χ3n) is 4.23. The van der Waals surface area contributed by atoms with Gasteiger partial charge in [0.2, 0.25) is 0 Å². The highest BCUT2D eigenvalue weighted by Crippen LogP contribution is 2.38. The Kier molecular flexibility index (Phi) is 6.30. The second-order valence-electron chi connectivity index (χ2n) is 6.06. The number of aryl methyl sites for hydroxylation is 1. The quantitative estimate of drug-likeness (QED) is 0.726. The number of hydrogen-bond donors (Lipinski definition) is 2. The van der Waals surface area contributed by atoms with E-state index in [9.17, 15) is 9.59 Å². The van der Waals surface area contributed by atoms with Crippen LogP contribution in [0, 0.1) is 0 Å². The first-order valence-electron chi connectivity index (χ1n) is 8.69. The van der Waals surface area contributed by atoms with Crippen LogP contribution in [0.2, 0.25) is 0 Å². The summed E-state index contributed by atoms with van der Waals surface area (Å²) >= 11 is 1.49. The van der Waals surface area contributed by atoms with Crippen LogP contribution in [0.4, 0.5) is 5.00 Å². The molecule has 0 atom stereocenters. The number of nitrogens with zero attached hydrogens (tertiary/aromatic N) is 2. The van der Waals surface area contributed by atoms with Crippen LogP contribution in [0.1, 0.15) is 50.5 Å². The van der Waals surface area contributed by atoms with Crippen LogP contribution >= 0.6 is 11.3 Å². The average molecular weight is 374 g/mol. The molecule has 0 fully saturated rings. The summed E-state index contributed by atoms with van der Waals surface area (Å²) in [6, 6.07) is 0. The molecule has 0 radical (unpaired) electrons. The fourth-order valence-electron chi connectivity index (χ4n) is 2.98. The van der Waals surface area contributed by atoms with E-state index in [1.807, 2.05) is 0 Å². The maximum Gasteiger partial charge on any atom is 0.276 e. The lowest BCUT2D eigenvalue weighted by molar-refractivity contribution is 0.0948. The van der Waals surface area contributed by atoms with Gasteiger partial charge in [-0.2, -0.15) is 0 Å². The summed E-state index contributed by atoms with van der Waals surface area (Å²) in [5, 5.41) is 6.38. The van der Waals surface area contributed by atoms with E-state index in [1.54, 1.807) is 7.11 Å². The molecule has 2 aromatic heterocycles. The first-order chi connectivity index (χ1) is 12.7. The van der Waals surface area contributed by atoms with Crippen molar-refractivity contribution >= 4 is 28.2 Å². The van der Waals surface area contributed by atoms with Gasteiger partial charge in [0.15, 0.2) is 0 Å². The van der Waals surface area contributed by atoms with Crippen molar-refractivity contribution in [3.63, 3.8) is 0 Å². The molecule has 1 aliphatic carbocycles. The van der Waals surface area contributed by atoms with Gasteiger partial charge in [-0.1, -0.05) is 0 Å². The number of carbonyl (C=O) groups excluding carboxylic acids is 2. The van der Waals surface area contributed by atoms with Crippen molar-refractivity contribution in [3.05, 3.63) is 40.3 Å². The van der Waals surface area contributed by atoms with E-state index in [0.717, 1.165) is 37.7 Å². The number of aromatic nitrogens is 2. The zero-order valence-electron chi connectivity index (χ0n) is 14.7. The molecular formula is C18H22N4O3S. The molecule has 2 N–H and O–H groups in total.